The van der Waals surface area contributed by atoms with Gasteiger partial charge in [0.2, 0.25) is 11.7 Å². The molecule has 0 radical (unpaired) electrons. The molecule has 2 aromatic heterocycles. The molecule has 0 spiro atoms. The summed E-state index contributed by atoms with van der Waals surface area (Å²) in [7, 11) is 1.57. The van der Waals surface area contributed by atoms with E-state index in [1.54, 1.807) is 14.0 Å². The van der Waals surface area contributed by atoms with Crippen molar-refractivity contribution in [1.82, 2.24) is 25.7 Å². The quantitative estimate of drug-likeness (QED) is 0.738. The summed E-state index contributed by atoms with van der Waals surface area (Å²) in [4.78, 5) is 16.5. The van der Waals surface area contributed by atoms with Gasteiger partial charge in [0.25, 0.3) is 5.89 Å². The second-order valence-electron chi connectivity index (χ2n) is 6.05. The van der Waals surface area contributed by atoms with Crippen LogP contribution in [0.1, 0.15) is 46.1 Å². The number of nitrogens with one attached hydrogen (secondary N) is 1. The minimum atomic E-state index is -0.366. The molecule has 0 fully saturated rings. The number of amides is 1. The van der Waals surface area contributed by atoms with E-state index in [-0.39, 0.29) is 24.4 Å². The number of nitrogens with zero attached hydrogens (tertiary/aromatic N) is 4. The second kappa shape index (κ2) is 6.68. The van der Waals surface area contributed by atoms with Gasteiger partial charge in [-0.3, -0.25) is 4.79 Å². The summed E-state index contributed by atoms with van der Waals surface area (Å²) in [6.45, 7) is 1.92. The van der Waals surface area contributed by atoms with E-state index in [4.69, 9.17) is 13.7 Å². The number of aromatic nitrogens is 4. The van der Waals surface area contributed by atoms with Gasteiger partial charge in [0, 0.05) is 19.6 Å². The lowest BCUT2D eigenvalue weighted by Crippen LogP contribution is -2.27. The zero-order valence-corrected chi connectivity index (χ0v) is 14.4. The van der Waals surface area contributed by atoms with Crippen LogP contribution in [0.15, 0.2) is 27.1 Å². The molecular weight excluding hydrogens is 338 g/mol. The van der Waals surface area contributed by atoms with E-state index < -0.39 is 0 Å². The van der Waals surface area contributed by atoms with Crippen molar-refractivity contribution in [1.29, 1.82) is 0 Å². The van der Waals surface area contributed by atoms with Gasteiger partial charge in [0.05, 0.1) is 6.04 Å². The Balaban J connectivity index is 1.51. The van der Waals surface area contributed by atoms with Gasteiger partial charge in [-0.1, -0.05) is 17.3 Å². The van der Waals surface area contributed by atoms with Crippen LogP contribution in [-0.4, -0.2) is 33.4 Å². The molecule has 1 aliphatic rings. The first-order chi connectivity index (χ1) is 12.6. The van der Waals surface area contributed by atoms with Crippen LogP contribution in [0, 0.1) is 6.92 Å². The number of rotatable bonds is 5. The first-order valence-electron chi connectivity index (χ1n) is 8.19. The lowest BCUT2D eigenvalue weighted by Gasteiger charge is -2.12. The van der Waals surface area contributed by atoms with Crippen molar-refractivity contribution in [2.75, 3.05) is 7.11 Å². The molecule has 1 amide bonds. The summed E-state index contributed by atoms with van der Waals surface area (Å²) in [5, 5.41) is 14.3. The molecule has 9 nitrogen and oxygen atoms in total. The molecule has 1 atom stereocenters. The van der Waals surface area contributed by atoms with Crippen molar-refractivity contribution < 1.29 is 18.5 Å². The standard InChI is InChI=1S/C17H17N5O4/c1-9-20-21-17(25-9)16(23)18-13-6-4-10-7-11(3-5-12(10)13)15-19-14(8-24-2)26-22-15/h3,5,7,13H,4,6,8H2,1-2H3,(H,18,23). The maximum absolute atomic E-state index is 12.2. The van der Waals surface area contributed by atoms with Crippen LogP contribution >= 0.6 is 0 Å². The van der Waals surface area contributed by atoms with Crippen LogP contribution in [0.3, 0.4) is 0 Å². The van der Waals surface area contributed by atoms with E-state index in [9.17, 15) is 4.79 Å². The average molecular weight is 355 g/mol. The fraction of sp³-hybridized carbons (Fsp3) is 0.353. The maximum atomic E-state index is 12.2. The smallest absolute Gasteiger partial charge is 0.309 e. The third kappa shape index (κ3) is 3.08. The monoisotopic (exact) mass is 355 g/mol. The third-order valence-electron chi connectivity index (χ3n) is 4.24. The van der Waals surface area contributed by atoms with E-state index in [0.29, 0.717) is 17.6 Å². The Morgan fingerprint density at radius 1 is 1.38 bits per heavy atom. The molecule has 0 aliphatic heterocycles. The molecule has 4 rings (SSSR count). The van der Waals surface area contributed by atoms with E-state index in [0.717, 1.165) is 29.5 Å². The van der Waals surface area contributed by atoms with Gasteiger partial charge in [-0.05, 0) is 30.0 Å². The van der Waals surface area contributed by atoms with Crippen LogP contribution in [0.5, 0.6) is 0 Å². The van der Waals surface area contributed by atoms with Crippen LogP contribution < -0.4 is 5.32 Å². The number of hydrogen-bond acceptors (Lipinski definition) is 8. The predicted molar refractivity (Wildman–Crippen MR) is 88.0 cm³/mol. The first-order valence-corrected chi connectivity index (χ1v) is 8.19. The molecule has 1 unspecified atom stereocenters. The van der Waals surface area contributed by atoms with Crippen LogP contribution in [0.25, 0.3) is 11.4 Å². The summed E-state index contributed by atoms with van der Waals surface area (Å²) in [6.07, 6.45) is 1.65. The molecule has 3 aromatic rings. The Bertz CT molecular complexity index is 948. The Morgan fingerprint density at radius 3 is 3.04 bits per heavy atom. The number of benzene rings is 1. The van der Waals surface area contributed by atoms with Crippen LogP contribution in [0.4, 0.5) is 0 Å². The Kier molecular flexibility index (Phi) is 4.21. The molecule has 0 bridgehead atoms. The van der Waals surface area contributed by atoms with E-state index >= 15 is 0 Å². The fourth-order valence-electron chi connectivity index (χ4n) is 3.07. The van der Waals surface area contributed by atoms with Gasteiger partial charge in [-0.15, -0.1) is 10.2 Å². The van der Waals surface area contributed by atoms with Gasteiger partial charge in [-0.2, -0.15) is 4.98 Å². The summed E-state index contributed by atoms with van der Waals surface area (Å²) < 4.78 is 15.3. The molecule has 26 heavy (non-hydrogen) atoms. The normalized spacial score (nSPS) is 15.8. The lowest BCUT2D eigenvalue weighted by molar-refractivity contribution is 0.0900. The van der Waals surface area contributed by atoms with Crippen molar-refractivity contribution in [3.05, 3.63) is 47.0 Å². The van der Waals surface area contributed by atoms with Crippen molar-refractivity contribution in [2.45, 2.75) is 32.4 Å². The number of methoxy groups -OCH3 is 1. The molecule has 1 N–H and O–H groups in total. The number of carbonyl (C=O) groups excluding carboxylic acids is 1. The lowest BCUT2D eigenvalue weighted by atomic mass is 10.0. The highest BCUT2D eigenvalue weighted by atomic mass is 16.5. The summed E-state index contributed by atoms with van der Waals surface area (Å²) >= 11 is 0. The van der Waals surface area contributed by atoms with Gasteiger partial charge in [-0.25, -0.2) is 0 Å². The number of fused-ring (bicyclic) bond motifs is 1. The average Bonchev–Trinajstić information content (AvgIpc) is 3.35. The zero-order chi connectivity index (χ0) is 18.1. The highest BCUT2D eigenvalue weighted by molar-refractivity contribution is 5.89. The molecular formula is C17H17N5O4. The van der Waals surface area contributed by atoms with Crippen molar-refractivity contribution in [2.24, 2.45) is 0 Å². The minimum Gasteiger partial charge on any atom is -0.417 e. The maximum Gasteiger partial charge on any atom is 0.309 e. The Labute approximate surface area is 148 Å². The van der Waals surface area contributed by atoms with Crippen molar-refractivity contribution >= 4 is 5.91 Å². The Morgan fingerprint density at radius 2 is 2.27 bits per heavy atom. The first kappa shape index (κ1) is 16.4. The summed E-state index contributed by atoms with van der Waals surface area (Å²) in [6, 6.07) is 5.84. The Hall–Kier alpha value is -3.07. The highest BCUT2D eigenvalue weighted by Crippen LogP contribution is 2.33. The zero-order valence-electron chi connectivity index (χ0n) is 14.4. The van der Waals surface area contributed by atoms with Gasteiger partial charge in [0.1, 0.15) is 6.61 Å². The molecule has 1 aliphatic carbocycles. The number of aryl methyl sites for hydroxylation is 2. The number of carbonyl (C=O) groups is 1. The van der Waals surface area contributed by atoms with E-state index in [1.165, 1.54) is 0 Å². The number of hydrogen-bond donors (Lipinski definition) is 1. The third-order valence-corrected chi connectivity index (χ3v) is 4.24. The molecule has 2 heterocycles. The van der Waals surface area contributed by atoms with Crippen molar-refractivity contribution in [3.8, 4) is 11.4 Å². The van der Waals surface area contributed by atoms with Gasteiger partial charge >= 0.3 is 11.8 Å². The van der Waals surface area contributed by atoms with Gasteiger partial charge < -0.3 is 19.0 Å². The predicted octanol–water partition coefficient (Wildman–Crippen LogP) is 1.99. The van der Waals surface area contributed by atoms with Gasteiger partial charge in [0.15, 0.2) is 0 Å². The second-order valence-corrected chi connectivity index (χ2v) is 6.05. The fourth-order valence-corrected chi connectivity index (χ4v) is 3.07. The number of ether oxygens (including phenoxy) is 1. The topological polar surface area (TPSA) is 116 Å². The highest BCUT2D eigenvalue weighted by Gasteiger charge is 2.26. The largest absolute Gasteiger partial charge is 0.417 e. The van der Waals surface area contributed by atoms with Crippen LogP contribution in [-0.2, 0) is 17.8 Å². The SMILES string of the molecule is COCc1nc(-c2ccc3c(c2)CCC3NC(=O)c2nnc(C)o2)no1. The van der Waals surface area contributed by atoms with Crippen molar-refractivity contribution in [3.63, 3.8) is 0 Å². The van der Waals surface area contributed by atoms with Crippen LogP contribution in [0.2, 0.25) is 0 Å². The summed E-state index contributed by atoms with van der Waals surface area (Å²) in [5.41, 5.74) is 3.08. The summed E-state index contributed by atoms with van der Waals surface area (Å²) in [5.74, 6) is 0.927. The molecule has 1 aromatic carbocycles. The molecule has 9 heteroatoms. The van der Waals surface area contributed by atoms with E-state index in [1.807, 2.05) is 18.2 Å². The molecule has 0 saturated heterocycles. The minimum absolute atomic E-state index is 0.0231. The molecule has 0 saturated carbocycles. The van der Waals surface area contributed by atoms with E-state index in [2.05, 4.69) is 25.7 Å². The molecule has 134 valence electrons.